The molecule has 0 fully saturated rings. The summed E-state index contributed by atoms with van der Waals surface area (Å²) in [7, 11) is 1.31. The van der Waals surface area contributed by atoms with Gasteiger partial charge in [-0.1, -0.05) is 11.3 Å². The Balaban J connectivity index is 2.40. The average molecular weight is 296 g/mol. The molecule has 88 valence electrons. The number of esters is 1. The lowest BCUT2D eigenvalue weighted by Crippen LogP contribution is -2.01. The van der Waals surface area contributed by atoms with Crippen LogP contribution in [0.25, 0.3) is 5.69 Å². The first-order valence-electron chi connectivity index (χ1n) is 4.89. The standard InChI is InChI=1S/C11H10BrN3O2/c1-7-3-4-10(8(12)5-7)15-6-9(13-14-15)11(16)17-2/h3-6H,1-2H3. The molecule has 0 atom stereocenters. The fraction of sp³-hybridized carbons (Fsp3) is 0.182. The van der Waals surface area contributed by atoms with Gasteiger partial charge in [0.2, 0.25) is 0 Å². The third-order valence-electron chi connectivity index (χ3n) is 2.24. The molecule has 5 nitrogen and oxygen atoms in total. The summed E-state index contributed by atoms with van der Waals surface area (Å²) in [4.78, 5) is 11.2. The summed E-state index contributed by atoms with van der Waals surface area (Å²) in [6.45, 7) is 2.00. The second-order valence-electron chi connectivity index (χ2n) is 3.49. The van der Waals surface area contributed by atoms with Crippen LogP contribution in [-0.2, 0) is 4.74 Å². The van der Waals surface area contributed by atoms with Crippen molar-refractivity contribution in [3.8, 4) is 5.69 Å². The predicted octanol–water partition coefficient (Wildman–Crippen LogP) is 2.12. The van der Waals surface area contributed by atoms with E-state index in [-0.39, 0.29) is 5.69 Å². The van der Waals surface area contributed by atoms with Gasteiger partial charge in [0.1, 0.15) is 0 Å². The molecule has 0 unspecified atom stereocenters. The maximum absolute atomic E-state index is 11.2. The molecule has 1 heterocycles. The Labute approximate surface area is 107 Å². The fourth-order valence-corrected chi connectivity index (χ4v) is 2.05. The molecule has 0 amide bonds. The molecule has 0 radical (unpaired) electrons. The van der Waals surface area contributed by atoms with Gasteiger partial charge in [-0.2, -0.15) is 0 Å². The lowest BCUT2D eigenvalue weighted by Gasteiger charge is -2.03. The molecular weight excluding hydrogens is 286 g/mol. The Kier molecular flexibility index (Phi) is 3.23. The highest BCUT2D eigenvalue weighted by Crippen LogP contribution is 2.21. The number of ether oxygens (including phenoxy) is 1. The summed E-state index contributed by atoms with van der Waals surface area (Å²) in [5.41, 5.74) is 2.13. The number of carbonyl (C=O) groups excluding carboxylic acids is 1. The fourth-order valence-electron chi connectivity index (χ4n) is 1.38. The van der Waals surface area contributed by atoms with Crippen LogP contribution in [0.15, 0.2) is 28.9 Å². The van der Waals surface area contributed by atoms with Crippen LogP contribution in [0.2, 0.25) is 0 Å². The Bertz CT molecular complexity index is 566. The lowest BCUT2D eigenvalue weighted by atomic mass is 10.2. The van der Waals surface area contributed by atoms with Gasteiger partial charge in [0.05, 0.1) is 19.0 Å². The Morgan fingerprint density at radius 2 is 2.24 bits per heavy atom. The first-order valence-corrected chi connectivity index (χ1v) is 5.68. The zero-order chi connectivity index (χ0) is 12.4. The molecule has 1 aromatic carbocycles. The minimum atomic E-state index is -0.500. The van der Waals surface area contributed by atoms with E-state index in [1.807, 2.05) is 25.1 Å². The normalized spacial score (nSPS) is 10.3. The SMILES string of the molecule is COC(=O)c1cn(-c2ccc(C)cc2Br)nn1. The molecule has 6 heteroatoms. The lowest BCUT2D eigenvalue weighted by molar-refractivity contribution is 0.0594. The van der Waals surface area contributed by atoms with Gasteiger partial charge in [-0.25, -0.2) is 9.48 Å². The third-order valence-corrected chi connectivity index (χ3v) is 2.87. The summed E-state index contributed by atoms with van der Waals surface area (Å²) in [6, 6.07) is 5.82. The van der Waals surface area contributed by atoms with Crippen molar-refractivity contribution < 1.29 is 9.53 Å². The molecule has 0 aliphatic rings. The van der Waals surface area contributed by atoms with Gasteiger partial charge in [0, 0.05) is 4.47 Å². The van der Waals surface area contributed by atoms with Crippen molar-refractivity contribution >= 4 is 21.9 Å². The maximum Gasteiger partial charge on any atom is 0.360 e. The molecule has 0 aliphatic heterocycles. The Morgan fingerprint density at radius 1 is 1.47 bits per heavy atom. The van der Waals surface area contributed by atoms with Gasteiger partial charge in [0.15, 0.2) is 5.69 Å². The van der Waals surface area contributed by atoms with E-state index < -0.39 is 5.97 Å². The van der Waals surface area contributed by atoms with E-state index in [0.717, 1.165) is 15.7 Å². The molecule has 1 aromatic heterocycles. The number of benzene rings is 1. The van der Waals surface area contributed by atoms with Gasteiger partial charge >= 0.3 is 5.97 Å². The van der Waals surface area contributed by atoms with Gasteiger partial charge in [-0.3, -0.25) is 0 Å². The van der Waals surface area contributed by atoms with Crippen LogP contribution in [0.5, 0.6) is 0 Å². The predicted molar refractivity (Wildman–Crippen MR) is 65.1 cm³/mol. The summed E-state index contributed by atoms with van der Waals surface area (Å²) < 4.78 is 6.98. The summed E-state index contributed by atoms with van der Waals surface area (Å²) in [5.74, 6) is -0.500. The minimum Gasteiger partial charge on any atom is -0.464 e. The van der Waals surface area contributed by atoms with Crippen LogP contribution in [0.1, 0.15) is 16.1 Å². The second-order valence-corrected chi connectivity index (χ2v) is 4.35. The number of aromatic nitrogens is 3. The molecule has 0 aliphatic carbocycles. The maximum atomic E-state index is 11.2. The number of aryl methyl sites for hydroxylation is 1. The van der Waals surface area contributed by atoms with Crippen LogP contribution in [0.4, 0.5) is 0 Å². The highest BCUT2D eigenvalue weighted by molar-refractivity contribution is 9.10. The van der Waals surface area contributed by atoms with Crippen molar-refractivity contribution in [3.63, 3.8) is 0 Å². The van der Waals surface area contributed by atoms with Crippen molar-refractivity contribution in [1.29, 1.82) is 0 Å². The van der Waals surface area contributed by atoms with Gasteiger partial charge in [0.25, 0.3) is 0 Å². The third kappa shape index (κ3) is 2.36. The minimum absolute atomic E-state index is 0.181. The van der Waals surface area contributed by atoms with E-state index in [9.17, 15) is 4.79 Å². The van der Waals surface area contributed by atoms with E-state index in [4.69, 9.17) is 0 Å². The number of rotatable bonds is 2. The van der Waals surface area contributed by atoms with Crippen LogP contribution >= 0.6 is 15.9 Å². The Hall–Kier alpha value is -1.69. The van der Waals surface area contributed by atoms with E-state index in [1.165, 1.54) is 18.0 Å². The smallest absolute Gasteiger partial charge is 0.360 e. The monoisotopic (exact) mass is 295 g/mol. The summed E-state index contributed by atoms with van der Waals surface area (Å²) >= 11 is 3.44. The van der Waals surface area contributed by atoms with E-state index in [1.54, 1.807) is 0 Å². The highest BCUT2D eigenvalue weighted by atomic mass is 79.9. The van der Waals surface area contributed by atoms with Gasteiger partial charge in [-0.15, -0.1) is 5.10 Å². The molecule has 0 saturated carbocycles. The topological polar surface area (TPSA) is 57.0 Å². The van der Waals surface area contributed by atoms with Crippen LogP contribution in [0, 0.1) is 6.92 Å². The zero-order valence-electron chi connectivity index (χ0n) is 9.35. The highest BCUT2D eigenvalue weighted by Gasteiger charge is 2.12. The van der Waals surface area contributed by atoms with Crippen LogP contribution in [-0.4, -0.2) is 28.1 Å². The number of halogens is 1. The number of carbonyl (C=O) groups is 1. The molecule has 2 rings (SSSR count). The molecule has 0 N–H and O–H groups in total. The number of nitrogens with zero attached hydrogens (tertiary/aromatic N) is 3. The van der Waals surface area contributed by atoms with Gasteiger partial charge < -0.3 is 4.74 Å². The van der Waals surface area contributed by atoms with Crippen LogP contribution in [0.3, 0.4) is 0 Å². The van der Waals surface area contributed by atoms with Gasteiger partial charge in [-0.05, 0) is 40.5 Å². The number of methoxy groups -OCH3 is 1. The average Bonchev–Trinajstić information content (AvgIpc) is 2.77. The van der Waals surface area contributed by atoms with E-state index in [0.29, 0.717) is 0 Å². The van der Waals surface area contributed by atoms with E-state index in [2.05, 4.69) is 31.0 Å². The molecule has 17 heavy (non-hydrogen) atoms. The number of hydrogen-bond donors (Lipinski definition) is 0. The quantitative estimate of drug-likeness (QED) is 0.797. The van der Waals surface area contributed by atoms with Crippen molar-refractivity contribution in [1.82, 2.24) is 15.0 Å². The van der Waals surface area contributed by atoms with Crippen molar-refractivity contribution in [2.45, 2.75) is 6.92 Å². The van der Waals surface area contributed by atoms with E-state index >= 15 is 0 Å². The van der Waals surface area contributed by atoms with Crippen molar-refractivity contribution in [2.75, 3.05) is 7.11 Å². The molecule has 0 bridgehead atoms. The zero-order valence-corrected chi connectivity index (χ0v) is 10.9. The second kappa shape index (κ2) is 4.67. The Morgan fingerprint density at radius 3 is 2.88 bits per heavy atom. The molecular formula is C11H10BrN3O2. The largest absolute Gasteiger partial charge is 0.464 e. The summed E-state index contributed by atoms with van der Waals surface area (Å²) in [6.07, 6.45) is 1.53. The molecule has 0 spiro atoms. The first kappa shape index (κ1) is 11.8. The van der Waals surface area contributed by atoms with Crippen molar-refractivity contribution in [3.05, 3.63) is 40.1 Å². The molecule has 2 aromatic rings. The van der Waals surface area contributed by atoms with Crippen LogP contribution < -0.4 is 0 Å². The van der Waals surface area contributed by atoms with Crippen molar-refractivity contribution in [2.24, 2.45) is 0 Å². The number of hydrogen-bond acceptors (Lipinski definition) is 4. The molecule has 0 saturated heterocycles. The summed E-state index contributed by atoms with van der Waals surface area (Å²) in [5, 5.41) is 7.63. The first-order chi connectivity index (χ1) is 8.11.